The van der Waals surface area contributed by atoms with E-state index in [0.29, 0.717) is 31.6 Å². The number of carboxylic acids is 1. The van der Waals surface area contributed by atoms with Crippen molar-refractivity contribution in [3.8, 4) is 5.75 Å². The molecule has 0 unspecified atom stereocenters. The first-order chi connectivity index (χ1) is 9.91. The predicted molar refractivity (Wildman–Crippen MR) is 80.6 cm³/mol. The fraction of sp³-hybridized carbons (Fsp3) is 0.588. The zero-order valence-corrected chi connectivity index (χ0v) is 12.7. The summed E-state index contributed by atoms with van der Waals surface area (Å²) in [5.41, 5.74) is 0.219. The Hall–Kier alpha value is -1.55. The quantitative estimate of drug-likeness (QED) is 0.874. The van der Waals surface area contributed by atoms with Gasteiger partial charge < -0.3 is 14.9 Å². The molecule has 4 heteroatoms. The van der Waals surface area contributed by atoms with E-state index >= 15 is 0 Å². The van der Waals surface area contributed by atoms with Crippen LogP contribution in [-0.4, -0.2) is 28.4 Å². The maximum absolute atomic E-state index is 11.0. The smallest absolute Gasteiger partial charge is 0.306 e. The van der Waals surface area contributed by atoms with Crippen LogP contribution in [0.25, 0.3) is 0 Å². The van der Waals surface area contributed by atoms with Crippen LogP contribution in [0, 0.1) is 5.92 Å². The van der Waals surface area contributed by atoms with Gasteiger partial charge in [0.2, 0.25) is 0 Å². The maximum Gasteiger partial charge on any atom is 0.306 e. The van der Waals surface area contributed by atoms with Crippen molar-refractivity contribution in [2.75, 3.05) is 6.61 Å². The molecular weight excluding hydrogens is 268 g/mol. The lowest BCUT2D eigenvalue weighted by Crippen LogP contribution is -2.41. The van der Waals surface area contributed by atoms with Crippen LogP contribution in [0.15, 0.2) is 24.3 Å². The van der Waals surface area contributed by atoms with Crippen LogP contribution in [0.4, 0.5) is 0 Å². The summed E-state index contributed by atoms with van der Waals surface area (Å²) in [7, 11) is 0. The molecule has 0 aromatic heterocycles. The summed E-state index contributed by atoms with van der Waals surface area (Å²) >= 11 is 0. The molecule has 0 heterocycles. The average molecular weight is 292 g/mol. The third-order valence-corrected chi connectivity index (χ3v) is 4.30. The van der Waals surface area contributed by atoms with Crippen LogP contribution >= 0.6 is 0 Å². The molecule has 4 nitrogen and oxygen atoms in total. The lowest BCUT2D eigenvalue weighted by Gasteiger charge is -2.34. The monoisotopic (exact) mass is 292 g/mol. The van der Waals surface area contributed by atoms with Crippen LogP contribution in [0.5, 0.6) is 5.75 Å². The number of benzene rings is 1. The standard InChI is InChI=1S/C17H24O4/c1-12(2)14-5-3-4-6-15(14)21-11-17(20)9-7-13(8-10-17)16(18)19/h3-6,12-13,20H,7-11H2,1-2H3,(H,18,19). The minimum absolute atomic E-state index is 0.225. The number of para-hydroxylation sites is 1. The molecule has 0 aliphatic heterocycles. The molecule has 0 spiro atoms. The highest BCUT2D eigenvalue weighted by molar-refractivity contribution is 5.70. The van der Waals surface area contributed by atoms with Gasteiger partial charge in [-0.05, 0) is 43.2 Å². The van der Waals surface area contributed by atoms with Gasteiger partial charge in [0.15, 0.2) is 0 Å². The van der Waals surface area contributed by atoms with Gasteiger partial charge in [-0.15, -0.1) is 0 Å². The third-order valence-electron chi connectivity index (χ3n) is 4.30. The van der Waals surface area contributed by atoms with E-state index in [1.807, 2.05) is 24.3 Å². The number of rotatable bonds is 5. The Morgan fingerprint density at radius 3 is 2.52 bits per heavy atom. The zero-order valence-electron chi connectivity index (χ0n) is 12.7. The van der Waals surface area contributed by atoms with Crippen molar-refractivity contribution >= 4 is 5.97 Å². The van der Waals surface area contributed by atoms with E-state index < -0.39 is 11.6 Å². The second-order valence-electron chi connectivity index (χ2n) is 6.32. The molecule has 1 saturated carbocycles. The molecule has 1 aromatic carbocycles. The molecule has 1 aromatic rings. The van der Waals surface area contributed by atoms with Crippen molar-refractivity contribution in [1.82, 2.24) is 0 Å². The van der Waals surface area contributed by atoms with Crippen LogP contribution in [0.1, 0.15) is 51.0 Å². The van der Waals surface area contributed by atoms with Crippen LogP contribution in [-0.2, 0) is 4.79 Å². The molecule has 2 rings (SSSR count). The van der Waals surface area contributed by atoms with E-state index in [1.165, 1.54) is 0 Å². The van der Waals surface area contributed by atoms with Gasteiger partial charge in [0, 0.05) is 0 Å². The van der Waals surface area contributed by atoms with E-state index in [2.05, 4.69) is 13.8 Å². The molecule has 1 fully saturated rings. The van der Waals surface area contributed by atoms with Crippen molar-refractivity contribution in [1.29, 1.82) is 0 Å². The lowest BCUT2D eigenvalue weighted by molar-refractivity contribution is -0.145. The van der Waals surface area contributed by atoms with Crippen molar-refractivity contribution in [2.45, 2.75) is 51.0 Å². The predicted octanol–water partition coefficient (Wildman–Crippen LogP) is 3.19. The van der Waals surface area contributed by atoms with Gasteiger partial charge in [-0.25, -0.2) is 0 Å². The summed E-state index contributed by atoms with van der Waals surface area (Å²) < 4.78 is 5.84. The topological polar surface area (TPSA) is 66.8 Å². The normalized spacial score (nSPS) is 25.8. The first-order valence-electron chi connectivity index (χ1n) is 7.58. The molecule has 0 atom stereocenters. The molecule has 0 saturated heterocycles. The minimum Gasteiger partial charge on any atom is -0.490 e. The summed E-state index contributed by atoms with van der Waals surface area (Å²) in [5, 5.41) is 19.5. The van der Waals surface area contributed by atoms with Gasteiger partial charge in [0.05, 0.1) is 11.5 Å². The molecule has 1 aliphatic carbocycles. The Morgan fingerprint density at radius 1 is 1.33 bits per heavy atom. The van der Waals surface area contributed by atoms with Crippen LogP contribution in [0.2, 0.25) is 0 Å². The molecule has 1 aliphatic rings. The first-order valence-corrected chi connectivity index (χ1v) is 7.58. The highest BCUT2D eigenvalue weighted by Gasteiger charge is 2.36. The Kier molecular flexibility index (Phi) is 4.88. The summed E-state index contributed by atoms with van der Waals surface area (Å²) in [6.07, 6.45) is 1.99. The SMILES string of the molecule is CC(C)c1ccccc1OCC1(O)CCC(C(=O)O)CC1. The first kappa shape index (κ1) is 15.8. The van der Waals surface area contributed by atoms with Crippen molar-refractivity contribution in [3.05, 3.63) is 29.8 Å². The highest BCUT2D eigenvalue weighted by atomic mass is 16.5. The van der Waals surface area contributed by atoms with E-state index in [-0.39, 0.29) is 12.5 Å². The molecule has 116 valence electrons. The van der Waals surface area contributed by atoms with E-state index in [1.54, 1.807) is 0 Å². The summed E-state index contributed by atoms with van der Waals surface area (Å²) in [5.74, 6) is 0.0798. The van der Waals surface area contributed by atoms with Crippen molar-refractivity contribution in [2.24, 2.45) is 5.92 Å². The maximum atomic E-state index is 11.0. The second kappa shape index (κ2) is 6.48. The molecule has 0 radical (unpaired) electrons. The van der Waals surface area contributed by atoms with Gasteiger partial charge in [-0.2, -0.15) is 0 Å². The highest BCUT2D eigenvalue weighted by Crippen LogP contribution is 2.34. The van der Waals surface area contributed by atoms with Crippen LogP contribution < -0.4 is 4.74 Å². The lowest BCUT2D eigenvalue weighted by atomic mass is 9.79. The minimum atomic E-state index is -0.907. The number of aliphatic carboxylic acids is 1. The molecule has 0 bridgehead atoms. The Morgan fingerprint density at radius 2 is 1.95 bits per heavy atom. The molecule has 2 N–H and O–H groups in total. The van der Waals surface area contributed by atoms with Crippen molar-refractivity contribution < 1.29 is 19.7 Å². The largest absolute Gasteiger partial charge is 0.490 e. The number of hydrogen-bond donors (Lipinski definition) is 2. The fourth-order valence-electron chi connectivity index (χ4n) is 2.85. The van der Waals surface area contributed by atoms with Crippen molar-refractivity contribution in [3.63, 3.8) is 0 Å². The summed E-state index contributed by atoms with van der Waals surface area (Å²) in [4.78, 5) is 11.0. The number of carboxylic acid groups (broad SMARTS) is 1. The summed E-state index contributed by atoms with van der Waals surface area (Å²) in [6.45, 7) is 4.44. The molecule has 21 heavy (non-hydrogen) atoms. The fourth-order valence-corrected chi connectivity index (χ4v) is 2.85. The second-order valence-corrected chi connectivity index (χ2v) is 6.32. The van der Waals surface area contributed by atoms with Gasteiger partial charge in [-0.3, -0.25) is 4.79 Å². The number of aliphatic hydroxyl groups is 1. The Balaban J connectivity index is 1.96. The van der Waals surface area contributed by atoms with Gasteiger partial charge in [-0.1, -0.05) is 32.0 Å². The third kappa shape index (κ3) is 3.97. The van der Waals surface area contributed by atoms with Gasteiger partial charge in [0.1, 0.15) is 12.4 Å². The number of ether oxygens (including phenoxy) is 1. The Labute approximate surface area is 125 Å². The zero-order chi connectivity index (χ0) is 15.5. The van der Waals surface area contributed by atoms with Gasteiger partial charge >= 0.3 is 5.97 Å². The Bertz CT molecular complexity index is 487. The van der Waals surface area contributed by atoms with Gasteiger partial charge in [0.25, 0.3) is 0 Å². The molecular formula is C17H24O4. The average Bonchev–Trinajstić information content (AvgIpc) is 2.46. The van der Waals surface area contributed by atoms with Crippen LogP contribution in [0.3, 0.4) is 0 Å². The molecule has 0 amide bonds. The number of hydrogen-bond acceptors (Lipinski definition) is 3. The summed E-state index contributed by atoms with van der Waals surface area (Å²) in [6, 6.07) is 7.86. The number of carbonyl (C=O) groups is 1. The van der Waals surface area contributed by atoms with E-state index in [0.717, 1.165) is 11.3 Å². The van der Waals surface area contributed by atoms with E-state index in [9.17, 15) is 9.90 Å². The van der Waals surface area contributed by atoms with E-state index in [4.69, 9.17) is 9.84 Å².